The van der Waals surface area contributed by atoms with E-state index in [9.17, 15) is 9.18 Å². The number of ether oxygens (including phenoxy) is 1. The fourth-order valence-electron chi connectivity index (χ4n) is 3.11. The zero-order chi connectivity index (χ0) is 19.3. The summed E-state index contributed by atoms with van der Waals surface area (Å²) in [4.78, 5) is 15.1. The number of carbonyl (C=O) groups excluding carboxylic acids is 1. The van der Waals surface area contributed by atoms with E-state index in [4.69, 9.17) is 9.15 Å². The third kappa shape index (κ3) is 4.13. The largest absolute Gasteiger partial charge is 0.463 e. The van der Waals surface area contributed by atoms with Gasteiger partial charge in [-0.3, -0.25) is 9.69 Å². The molecule has 3 heterocycles. The molecule has 1 aliphatic heterocycles. The Balaban J connectivity index is 1.53. The van der Waals surface area contributed by atoms with Crippen molar-refractivity contribution in [3.8, 4) is 17.1 Å². The third-order valence-electron chi connectivity index (χ3n) is 4.60. The van der Waals surface area contributed by atoms with Crippen LogP contribution in [-0.2, 0) is 4.74 Å². The van der Waals surface area contributed by atoms with Gasteiger partial charge in [0.25, 0.3) is 5.91 Å². The lowest BCUT2D eigenvalue weighted by Crippen LogP contribution is -2.41. The van der Waals surface area contributed by atoms with Crippen molar-refractivity contribution >= 4 is 5.91 Å². The quantitative estimate of drug-likeness (QED) is 0.706. The molecule has 3 aromatic rings. The second-order valence-electron chi connectivity index (χ2n) is 6.49. The number of aromatic nitrogens is 2. The highest BCUT2D eigenvalue weighted by Gasteiger charge is 2.19. The number of carbonyl (C=O) groups is 1. The normalized spacial score (nSPS) is 14.9. The van der Waals surface area contributed by atoms with E-state index in [1.807, 2.05) is 0 Å². The molecule has 8 heteroatoms. The summed E-state index contributed by atoms with van der Waals surface area (Å²) in [6.45, 7) is 4.45. The van der Waals surface area contributed by atoms with Gasteiger partial charge in [0.05, 0.1) is 25.2 Å². The van der Waals surface area contributed by atoms with Crippen LogP contribution in [0, 0.1) is 5.82 Å². The predicted octanol–water partition coefficient (Wildman–Crippen LogP) is 2.33. The zero-order valence-corrected chi connectivity index (χ0v) is 15.3. The summed E-state index contributed by atoms with van der Waals surface area (Å²) in [6.07, 6.45) is 1.55. The molecule has 7 nitrogen and oxygen atoms in total. The summed E-state index contributed by atoms with van der Waals surface area (Å²) in [7, 11) is 0. The van der Waals surface area contributed by atoms with E-state index in [1.54, 1.807) is 36.6 Å². The van der Waals surface area contributed by atoms with E-state index in [0.29, 0.717) is 29.4 Å². The molecule has 0 saturated carbocycles. The standard InChI is InChI=1S/C20H21FN4O3/c21-15-3-5-16(6-4-15)25-18(14-17(23-25)19-2-1-11-28-19)20(26)22-7-8-24-9-12-27-13-10-24/h1-6,11,14H,7-10,12-13H2,(H,22,26). The van der Waals surface area contributed by atoms with Crippen molar-refractivity contribution in [1.29, 1.82) is 0 Å². The van der Waals surface area contributed by atoms with Crippen LogP contribution >= 0.6 is 0 Å². The second kappa shape index (κ2) is 8.37. The van der Waals surface area contributed by atoms with Gasteiger partial charge in [-0.1, -0.05) is 0 Å². The maximum atomic E-state index is 13.3. The molecule has 1 aromatic carbocycles. The number of rotatable bonds is 6. The topological polar surface area (TPSA) is 72.5 Å². The lowest BCUT2D eigenvalue weighted by Gasteiger charge is -2.26. The van der Waals surface area contributed by atoms with Crippen molar-refractivity contribution in [2.75, 3.05) is 39.4 Å². The van der Waals surface area contributed by atoms with Crippen LogP contribution in [0.5, 0.6) is 0 Å². The number of hydrogen-bond donors (Lipinski definition) is 1. The molecule has 0 spiro atoms. The Bertz CT molecular complexity index is 916. The minimum absolute atomic E-state index is 0.247. The molecule has 0 unspecified atom stereocenters. The summed E-state index contributed by atoms with van der Waals surface area (Å²) in [5, 5.41) is 7.42. The fraction of sp³-hybridized carbons (Fsp3) is 0.300. The fourth-order valence-corrected chi connectivity index (χ4v) is 3.11. The monoisotopic (exact) mass is 384 g/mol. The van der Waals surface area contributed by atoms with Crippen molar-refractivity contribution in [3.63, 3.8) is 0 Å². The molecule has 4 rings (SSSR count). The Hall–Kier alpha value is -2.97. The van der Waals surface area contributed by atoms with Crippen LogP contribution in [0.4, 0.5) is 4.39 Å². The van der Waals surface area contributed by atoms with Crippen molar-refractivity contribution in [3.05, 3.63) is 60.2 Å². The highest BCUT2D eigenvalue weighted by atomic mass is 19.1. The minimum atomic E-state index is -0.348. The van der Waals surface area contributed by atoms with Gasteiger partial charge in [-0.05, 0) is 36.4 Å². The smallest absolute Gasteiger partial charge is 0.270 e. The minimum Gasteiger partial charge on any atom is -0.463 e. The summed E-state index contributed by atoms with van der Waals surface area (Å²) in [5.74, 6) is -0.0372. The van der Waals surface area contributed by atoms with E-state index in [1.165, 1.54) is 16.8 Å². The summed E-state index contributed by atoms with van der Waals surface area (Å²) in [6, 6.07) is 11.0. The van der Waals surface area contributed by atoms with Crippen LogP contribution in [0.25, 0.3) is 17.1 Å². The maximum absolute atomic E-state index is 13.3. The van der Waals surface area contributed by atoms with Crippen LogP contribution in [-0.4, -0.2) is 60.0 Å². The summed E-state index contributed by atoms with van der Waals surface area (Å²) < 4.78 is 25.5. The number of amides is 1. The summed E-state index contributed by atoms with van der Waals surface area (Å²) in [5.41, 5.74) is 1.49. The molecule has 2 aromatic heterocycles. The molecule has 0 atom stereocenters. The van der Waals surface area contributed by atoms with Gasteiger partial charge in [0.2, 0.25) is 0 Å². The van der Waals surface area contributed by atoms with Gasteiger partial charge >= 0.3 is 0 Å². The Morgan fingerprint density at radius 1 is 1.18 bits per heavy atom. The Morgan fingerprint density at radius 3 is 2.68 bits per heavy atom. The number of nitrogens with zero attached hydrogens (tertiary/aromatic N) is 3. The zero-order valence-electron chi connectivity index (χ0n) is 15.3. The summed E-state index contributed by atoms with van der Waals surface area (Å²) >= 11 is 0. The van der Waals surface area contributed by atoms with Crippen molar-refractivity contribution < 1.29 is 18.3 Å². The SMILES string of the molecule is O=C(NCCN1CCOCC1)c1cc(-c2ccco2)nn1-c1ccc(F)cc1. The molecule has 1 saturated heterocycles. The van der Waals surface area contributed by atoms with E-state index in [2.05, 4.69) is 15.3 Å². The first-order valence-electron chi connectivity index (χ1n) is 9.19. The first kappa shape index (κ1) is 18.4. The molecule has 0 aliphatic carbocycles. The van der Waals surface area contributed by atoms with E-state index >= 15 is 0 Å². The number of benzene rings is 1. The lowest BCUT2D eigenvalue weighted by molar-refractivity contribution is 0.0383. The van der Waals surface area contributed by atoms with Gasteiger partial charge in [-0.2, -0.15) is 5.10 Å². The van der Waals surface area contributed by atoms with Crippen LogP contribution in [0.15, 0.2) is 53.1 Å². The van der Waals surface area contributed by atoms with Crippen LogP contribution in [0.3, 0.4) is 0 Å². The third-order valence-corrected chi connectivity index (χ3v) is 4.60. The number of halogens is 1. The van der Waals surface area contributed by atoms with Gasteiger partial charge in [0, 0.05) is 32.2 Å². The van der Waals surface area contributed by atoms with Crippen LogP contribution in [0.1, 0.15) is 10.5 Å². The average molecular weight is 384 g/mol. The Kier molecular flexibility index (Phi) is 5.50. The number of hydrogen-bond acceptors (Lipinski definition) is 5. The van der Waals surface area contributed by atoms with Crippen LogP contribution < -0.4 is 5.32 Å². The number of nitrogens with one attached hydrogen (secondary N) is 1. The predicted molar refractivity (Wildman–Crippen MR) is 101 cm³/mol. The average Bonchev–Trinajstić information content (AvgIpc) is 3.39. The number of morpholine rings is 1. The van der Waals surface area contributed by atoms with Crippen LogP contribution in [0.2, 0.25) is 0 Å². The van der Waals surface area contributed by atoms with E-state index in [-0.39, 0.29) is 11.7 Å². The van der Waals surface area contributed by atoms with E-state index in [0.717, 1.165) is 32.8 Å². The molecule has 1 amide bonds. The molecule has 0 bridgehead atoms. The van der Waals surface area contributed by atoms with Gasteiger partial charge in [-0.25, -0.2) is 9.07 Å². The second-order valence-corrected chi connectivity index (χ2v) is 6.49. The number of furan rings is 1. The molecular formula is C20H21FN4O3. The highest BCUT2D eigenvalue weighted by molar-refractivity contribution is 5.94. The van der Waals surface area contributed by atoms with Crippen molar-refractivity contribution in [2.45, 2.75) is 0 Å². The molecule has 146 valence electrons. The molecule has 1 aliphatic rings. The molecular weight excluding hydrogens is 363 g/mol. The molecule has 1 fully saturated rings. The first-order chi connectivity index (χ1) is 13.7. The van der Waals surface area contributed by atoms with E-state index < -0.39 is 0 Å². The lowest BCUT2D eigenvalue weighted by atomic mass is 10.2. The van der Waals surface area contributed by atoms with Crippen molar-refractivity contribution in [1.82, 2.24) is 20.0 Å². The Morgan fingerprint density at radius 2 is 1.96 bits per heavy atom. The van der Waals surface area contributed by atoms with Gasteiger partial charge in [0.15, 0.2) is 5.76 Å². The highest BCUT2D eigenvalue weighted by Crippen LogP contribution is 2.22. The molecule has 28 heavy (non-hydrogen) atoms. The first-order valence-corrected chi connectivity index (χ1v) is 9.19. The van der Waals surface area contributed by atoms with Crippen molar-refractivity contribution in [2.24, 2.45) is 0 Å². The molecule has 0 radical (unpaired) electrons. The Labute approximate surface area is 161 Å². The molecule has 1 N–H and O–H groups in total. The van der Waals surface area contributed by atoms with Gasteiger partial charge in [-0.15, -0.1) is 0 Å². The van der Waals surface area contributed by atoms with Gasteiger partial charge < -0.3 is 14.5 Å². The van der Waals surface area contributed by atoms with Gasteiger partial charge in [0.1, 0.15) is 17.2 Å². The maximum Gasteiger partial charge on any atom is 0.270 e.